The number of ether oxygens (including phenoxy) is 2. The number of rotatable bonds is 7. The molecule has 0 aliphatic carbocycles. The van der Waals surface area contributed by atoms with Crippen molar-refractivity contribution in [3.05, 3.63) is 51.2 Å². The Labute approximate surface area is 162 Å². The molecule has 0 unspecified atom stereocenters. The van der Waals surface area contributed by atoms with Gasteiger partial charge in [0.05, 0.1) is 19.3 Å². The van der Waals surface area contributed by atoms with Crippen LogP contribution in [0.2, 0.25) is 5.02 Å². The molecule has 7 heteroatoms. The van der Waals surface area contributed by atoms with Crippen molar-refractivity contribution < 1.29 is 14.3 Å². The second-order valence-corrected chi connectivity index (χ2v) is 7.60. The fraction of sp³-hybridized carbons (Fsp3) is 0.421. The minimum Gasteiger partial charge on any atom is -0.484 e. The third-order valence-corrected chi connectivity index (χ3v) is 5.56. The van der Waals surface area contributed by atoms with Crippen molar-refractivity contribution in [3.8, 4) is 5.75 Å². The summed E-state index contributed by atoms with van der Waals surface area (Å²) >= 11 is 7.65. The molecular weight excluding hydrogens is 372 g/mol. The number of nitrogens with one attached hydrogen (secondary N) is 1. The Morgan fingerprint density at radius 1 is 1.38 bits per heavy atom. The maximum Gasteiger partial charge on any atom is 0.258 e. The molecule has 0 bridgehead atoms. The summed E-state index contributed by atoms with van der Waals surface area (Å²) < 4.78 is 11.1. The largest absolute Gasteiger partial charge is 0.484 e. The topological polar surface area (TPSA) is 50.8 Å². The molecule has 1 amide bonds. The zero-order chi connectivity index (χ0) is 18.4. The Morgan fingerprint density at radius 3 is 2.88 bits per heavy atom. The van der Waals surface area contributed by atoms with Crippen LogP contribution in [0, 0.1) is 6.92 Å². The number of nitrogens with zero attached hydrogens (tertiary/aromatic N) is 1. The fourth-order valence-corrected chi connectivity index (χ4v) is 4.05. The maximum atomic E-state index is 12.2. The van der Waals surface area contributed by atoms with Crippen molar-refractivity contribution in [3.63, 3.8) is 0 Å². The lowest BCUT2D eigenvalue weighted by molar-refractivity contribution is -0.123. The number of carbonyl (C=O) groups excluding carboxylic acids is 1. The van der Waals surface area contributed by atoms with Crippen LogP contribution < -0.4 is 10.1 Å². The molecule has 0 saturated carbocycles. The minimum absolute atomic E-state index is 0.0112. The number of amides is 1. The highest BCUT2D eigenvalue weighted by atomic mass is 35.5. The summed E-state index contributed by atoms with van der Waals surface area (Å²) in [7, 11) is 0. The van der Waals surface area contributed by atoms with E-state index in [0.29, 0.717) is 17.3 Å². The quantitative estimate of drug-likeness (QED) is 0.783. The van der Waals surface area contributed by atoms with E-state index in [0.717, 1.165) is 31.9 Å². The Morgan fingerprint density at radius 2 is 2.19 bits per heavy atom. The molecule has 26 heavy (non-hydrogen) atoms. The van der Waals surface area contributed by atoms with Gasteiger partial charge in [0.2, 0.25) is 0 Å². The van der Waals surface area contributed by atoms with E-state index in [1.54, 1.807) is 23.5 Å². The van der Waals surface area contributed by atoms with E-state index in [-0.39, 0.29) is 18.6 Å². The first-order valence-electron chi connectivity index (χ1n) is 8.64. The number of morpholine rings is 1. The monoisotopic (exact) mass is 394 g/mol. The lowest BCUT2D eigenvalue weighted by Crippen LogP contribution is -2.44. The summed E-state index contributed by atoms with van der Waals surface area (Å²) in [5.74, 6) is 0.543. The van der Waals surface area contributed by atoms with Gasteiger partial charge >= 0.3 is 0 Å². The molecule has 3 rings (SSSR count). The van der Waals surface area contributed by atoms with E-state index < -0.39 is 0 Å². The molecule has 140 valence electrons. The van der Waals surface area contributed by atoms with Crippen LogP contribution in [0.5, 0.6) is 5.75 Å². The molecule has 0 spiro atoms. The van der Waals surface area contributed by atoms with Crippen LogP contribution in [0.25, 0.3) is 0 Å². The van der Waals surface area contributed by atoms with Crippen molar-refractivity contribution in [1.82, 2.24) is 10.2 Å². The summed E-state index contributed by atoms with van der Waals surface area (Å²) in [5, 5.41) is 5.73. The predicted octanol–water partition coefficient (Wildman–Crippen LogP) is 3.28. The third kappa shape index (κ3) is 5.20. The Kier molecular flexibility index (Phi) is 6.91. The molecule has 1 aliphatic heterocycles. The van der Waals surface area contributed by atoms with Crippen molar-refractivity contribution in [2.75, 3.05) is 39.5 Å². The summed E-state index contributed by atoms with van der Waals surface area (Å²) in [4.78, 5) is 15.9. The van der Waals surface area contributed by atoms with Gasteiger partial charge in [0.25, 0.3) is 5.91 Å². The number of hydrogen-bond donors (Lipinski definition) is 1. The maximum absolute atomic E-state index is 12.2. The van der Waals surface area contributed by atoms with Crippen LogP contribution >= 0.6 is 22.9 Å². The number of halogens is 1. The van der Waals surface area contributed by atoms with Crippen LogP contribution in [-0.4, -0.2) is 50.3 Å². The highest BCUT2D eigenvalue weighted by Crippen LogP contribution is 2.25. The average Bonchev–Trinajstić information content (AvgIpc) is 3.16. The van der Waals surface area contributed by atoms with Gasteiger partial charge in [-0.3, -0.25) is 9.69 Å². The first kappa shape index (κ1) is 19.2. The standard InChI is InChI=1S/C19H23ClN2O3S/c1-14-11-15(20)4-5-17(14)25-13-19(23)21-12-16(18-3-2-10-26-18)22-6-8-24-9-7-22/h2-5,10-11,16H,6-9,12-13H2,1H3,(H,21,23)/t16-/m0/s1. The molecule has 1 saturated heterocycles. The van der Waals surface area contributed by atoms with Gasteiger partial charge in [-0.15, -0.1) is 11.3 Å². The highest BCUT2D eigenvalue weighted by molar-refractivity contribution is 7.10. The normalized spacial score (nSPS) is 16.2. The van der Waals surface area contributed by atoms with Gasteiger partial charge in [0, 0.05) is 29.5 Å². The first-order valence-corrected chi connectivity index (χ1v) is 9.90. The van der Waals surface area contributed by atoms with Gasteiger partial charge in [-0.1, -0.05) is 17.7 Å². The molecule has 5 nitrogen and oxygen atoms in total. The van der Waals surface area contributed by atoms with E-state index in [1.807, 2.05) is 19.1 Å². The summed E-state index contributed by atoms with van der Waals surface area (Å²) in [6.07, 6.45) is 0. The van der Waals surface area contributed by atoms with Crippen LogP contribution in [0.4, 0.5) is 0 Å². The van der Waals surface area contributed by atoms with Crippen LogP contribution in [0.3, 0.4) is 0 Å². The molecule has 1 aliphatic rings. The number of carbonyl (C=O) groups is 1. The lowest BCUT2D eigenvalue weighted by atomic mass is 10.2. The van der Waals surface area contributed by atoms with Crippen molar-refractivity contribution in [1.29, 1.82) is 0 Å². The number of aryl methyl sites for hydroxylation is 1. The number of benzene rings is 1. The zero-order valence-electron chi connectivity index (χ0n) is 14.7. The molecule has 1 N–H and O–H groups in total. The molecule has 2 heterocycles. The van der Waals surface area contributed by atoms with Gasteiger partial charge in [-0.25, -0.2) is 0 Å². The van der Waals surface area contributed by atoms with Gasteiger partial charge in [-0.05, 0) is 42.1 Å². The SMILES string of the molecule is Cc1cc(Cl)ccc1OCC(=O)NC[C@@H](c1cccs1)N1CCOCC1. The molecule has 1 fully saturated rings. The smallest absolute Gasteiger partial charge is 0.258 e. The number of hydrogen-bond acceptors (Lipinski definition) is 5. The Hall–Kier alpha value is -1.60. The second-order valence-electron chi connectivity index (χ2n) is 6.18. The molecule has 0 radical (unpaired) electrons. The van der Waals surface area contributed by atoms with E-state index >= 15 is 0 Å². The Bertz CT molecular complexity index is 718. The Balaban J connectivity index is 1.53. The van der Waals surface area contributed by atoms with Gasteiger partial charge in [0.15, 0.2) is 6.61 Å². The second kappa shape index (κ2) is 9.37. The molecule has 1 aromatic carbocycles. The van der Waals surface area contributed by atoms with E-state index in [4.69, 9.17) is 21.1 Å². The average molecular weight is 395 g/mol. The van der Waals surface area contributed by atoms with Gasteiger partial charge in [-0.2, -0.15) is 0 Å². The fourth-order valence-electron chi connectivity index (χ4n) is 2.96. The van der Waals surface area contributed by atoms with E-state index in [9.17, 15) is 4.79 Å². The zero-order valence-corrected chi connectivity index (χ0v) is 16.3. The minimum atomic E-state index is -0.130. The van der Waals surface area contributed by atoms with Gasteiger partial charge in [0.1, 0.15) is 5.75 Å². The summed E-state index contributed by atoms with van der Waals surface area (Å²) in [6, 6.07) is 9.69. The van der Waals surface area contributed by atoms with Crippen molar-refractivity contribution in [2.24, 2.45) is 0 Å². The third-order valence-electron chi connectivity index (χ3n) is 4.35. The summed E-state index contributed by atoms with van der Waals surface area (Å²) in [6.45, 7) is 5.66. The highest BCUT2D eigenvalue weighted by Gasteiger charge is 2.24. The van der Waals surface area contributed by atoms with Crippen LogP contribution in [0.1, 0.15) is 16.5 Å². The first-order chi connectivity index (χ1) is 12.6. The van der Waals surface area contributed by atoms with E-state index in [1.165, 1.54) is 4.88 Å². The van der Waals surface area contributed by atoms with Crippen LogP contribution in [0.15, 0.2) is 35.7 Å². The molecular formula is C19H23ClN2O3S. The van der Waals surface area contributed by atoms with Crippen LogP contribution in [-0.2, 0) is 9.53 Å². The molecule has 2 aromatic rings. The molecule has 1 aromatic heterocycles. The van der Waals surface area contributed by atoms with Crippen molar-refractivity contribution in [2.45, 2.75) is 13.0 Å². The van der Waals surface area contributed by atoms with Crippen molar-refractivity contribution >= 4 is 28.8 Å². The summed E-state index contributed by atoms with van der Waals surface area (Å²) in [5.41, 5.74) is 0.912. The predicted molar refractivity (Wildman–Crippen MR) is 104 cm³/mol. The lowest BCUT2D eigenvalue weighted by Gasteiger charge is -2.34. The van der Waals surface area contributed by atoms with Gasteiger partial charge < -0.3 is 14.8 Å². The molecule has 1 atom stereocenters. The number of thiophene rings is 1. The van der Waals surface area contributed by atoms with E-state index in [2.05, 4.69) is 21.7 Å².